The van der Waals surface area contributed by atoms with Gasteiger partial charge in [-0.3, -0.25) is 4.98 Å². The van der Waals surface area contributed by atoms with Gasteiger partial charge in [-0.25, -0.2) is 9.67 Å². The molecule has 0 radical (unpaired) electrons. The molecule has 0 spiro atoms. The van der Waals surface area contributed by atoms with Gasteiger partial charge >= 0.3 is 0 Å². The maximum Gasteiger partial charge on any atom is 0.177 e. The molecule has 0 amide bonds. The van der Waals surface area contributed by atoms with Crippen LogP contribution >= 0.6 is 0 Å². The number of hydrogen-bond acceptors (Lipinski definition) is 5. The van der Waals surface area contributed by atoms with Gasteiger partial charge in [0.2, 0.25) is 0 Å². The van der Waals surface area contributed by atoms with E-state index in [1.54, 1.807) is 0 Å². The van der Waals surface area contributed by atoms with E-state index >= 15 is 0 Å². The molecule has 1 aliphatic heterocycles. The first-order valence-corrected chi connectivity index (χ1v) is 10.4. The molecule has 6 heteroatoms. The lowest BCUT2D eigenvalue weighted by atomic mass is 10.00. The number of aromatic nitrogens is 4. The summed E-state index contributed by atoms with van der Waals surface area (Å²) in [5.41, 5.74) is 3.24. The minimum Gasteiger partial charge on any atom is -0.491 e. The minimum atomic E-state index is 0.343. The molecule has 1 aromatic carbocycles. The Bertz CT molecular complexity index is 948. The average molecular weight is 393 g/mol. The Labute approximate surface area is 171 Å². The van der Waals surface area contributed by atoms with Gasteiger partial charge in [-0.15, -0.1) is 0 Å². The largest absolute Gasteiger partial charge is 0.491 e. The Kier molecular flexibility index (Phi) is 6.20. The van der Waals surface area contributed by atoms with Crippen LogP contribution in [-0.2, 0) is 17.7 Å². The van der Waals surface area contributed by atoms with Crippen molar-refractivity contribution >= 4 is 0 Å². The van der Waals surface area contributed by atoms with Gasteiger partial charge in [0.1, 0.15) is 18.1 Å². The van der Waals surface area contributed by atoms with Crippen LogP contribution in [0.2, 0.25) is 0 Å². The first kappa shape index (κ1) is 19.6. The van der Waals surface area contributed by atoms with Crippen LogP contribution in [0.4, 0.5) is 0 Å². The van der Waals surface area contributed by atoms with Gasteiger partial charge < -0.3 is 9.47 Å². The number of benzene rings is 1. The van der Waals surface area contributed by atoms with Gasteiger partial charge in [-0.1, -0.05) is 25.1 Å². The SMILES string of the molecule is CCc1ccnc(-c2nc(C3CCOCC3)nn2CCOc2ccccc2C)c1. The third kappa shape index (κ3) is 4.65. The number of pyridine rings is 1. The van der Waals surface area contributed by atoms with E-state index in [9.17, 15) is 0 Å². The second-order valence-electron chi connectivity index (χ2n) is 7.42. The monoisotopic (exact) mass is 392 g/mol. The van der Waals surface area contributed by atoms with Crippen molar-refractivity contribution in [1.29, 1.82) is 0 Å². The fraction of sp³-hybridized carbons (Fsp3) is 0.435. The lowest BCUT2D eigenvalue weighted by Gasteiger charge is -2.18. The number of hydrogen-bond donors (Lipinski definition) is 0. The van der Waals surface area contributed by atoms with Gasteiger partial charge in [-0.2, -0.15) is 5.10 Å². The highest BCUT2D eigenvalue weighted by atomic mass is 16.5. The molecule has 6 nitrogen and oxygen atoms in total. The molecule has 0 aliphatic carbocycles. The van der Waals surface area contributed by atoms with Crippen LogP contribution in [0.15, 0.2) is 42.6 Å². The van der Waals surface area contributed by atoms with Gasteiger partial charge in [-0.05, 0) is 55.5 Å². The standard InChI is InChI=1S/C23H28N4O2/c1-3-18-8-11-24-20(16-18)23-25-22(19-9-13-28-14-10-19)26-27(23)12-15-29-21-7-5-4-6-17(21)2/h4-8,11,16,19H,3,9-10,12-15H2,1-2H3. The third-order valence-corrected chi connectivity index (χ3v) is 5.39. The van der Waals surface area contributed by atoms with E-state index in [0.29, 0.717) is 19.1 Å². The van der Waals surface area contributed by atoms with E-state index in [1.807, 2.05) is 35.1 Å². The van der Waals surface area contributed by atoms with E-state index in [1.165, 1.54) is 5.56 Å². The molecule has 0 saturated carbocycles. The quantitative estimate of drug-likeness (QED) is 0.603. The van der Waals surface area contributed by atoms with Crippen LogP contribution in [0.25, 0.3) is 11.5 Å². The molecule has 3 aromatic rings. The molecular weight excluding hydrogens is 364 g/mol. The van der Waals surface area contributed by atoms with E-state index in [2.05, 4.69) is 31.0 Å². The summed E-state index contributed by atoms with van der Waals surface area (Å²) in [5.74, 6) is 2.96. The summed E-state index contributed by atoms with van der Waals surface area (Å²) < 4.78 is 13.5. The van der Waals surface area contributed by atoms with E-state index in [-0.39, 0.29) is 0 Å². The fourth-order valence-corrected chi connectivity index (χ4v) is 3.61. The Hall–Kier alpha value is -2.73. The van der Waals surface area contributed by atoms with Crippen molar-refractivity contribution in [2.45, 2.75) is 45.6 Å². The van der Waals surface area contributed by atoms with Crippen LogP contribution in [0.3, 0.4) is 0 Å². The summed E-state index contributed by atoms with van der Waals surface area (Å²) in [4.78, 5) is 9.47. The van der Waals surface area contributed by atoms with Crippen molar-refractivity contribution in [2.24, 2.45) is 0 Å². The van der Waals surface area contributed by atoms with Crippen LogP contribution in [0.5, 0.6) is 5.75 Å². The molecule has 0 N–H and O–H groups in total. The second-order valence-corrected chi connectivity index (χ2v) is 7.42. The number of para-hydroxylation sites is 1. The van der Waals surface area contributed by atoms with E-state index in [0.717, 1.165) is 61.1 Å². The first-order chi connectivity index (χ1) is 14.2. The van der Waals surface area contributed by atoms with Gasteiger partial charge in [0.05, 0.1) is 6.54 Å². The average Bonchev–Trinajstić information content (AvgIpc) is 3.20. The highest BCUT2D eigenvalue weighted by Crippen LogP contribution is 2.27. The summed E-state index contributed by atoms with van der Waals surface area (Å²) in [6.45, 7) is 6.90. The highest BCUT2D eigenvalue weighted by molar-refractivity contribution is 5.50. The molecule has 4 rings (SSSR count). The molecule has 0 atom stereocenters. The molecule has 1 aliphatic rings. The smallest absolute Gasteiger partial charge is 0.177 e. The normalized spacial score (nSPS) is 14.8. The summed E-state index contributed by atoms with van der Waals surface area (Å²) in [6.07, 6.45) is 4.75. The maximum atomic E-state index is 6.00. The molecule has 152 valence electrons. The predicted octanol–water partition coefficient (Wildman–Crippen LogP) is 4.18. The lowest BCUT2D eigenvalue weighted by Crippen LogP contribution is -2.16. The molecule has 0 unspecified atom stereocenters. The number of aryl methyl sites for hydroxylation is 2. The maximum absolute atomic E-state index is 6.00. The van der Waals surface area contributed by atoms with Crippen LogP contribution in [0.1, 0.15) is 42.6 Å². The third-order valence-electron chi connectivity index (χ3n) is 5.39. The minimum absolute atomic E-state index is 0.343. The molecule has 0 bridgehead atoms. The van der Waals surface area contributed by atoms with Crippen LogP contribution in [-0.4, -0.2) is 39.6 Å². The molecule has 1 fully saturated rings. The van der Waals surface area contributed by atoms with Crippen molar-refractivity contribution in [1.82, 2.24) is 19.7 Å². The summed E-state index contributed by atoms with van der Waals surface area (Å²) in [7, 11) is 0. The van der Waals surface area contributed by atoms with Crippen LogP contribution < -0.4 is 4.74 Å². The zero-order valence-electron chi connectivity index (χ0n) is 17.2. The molecule has 2 aromatic heterocycles. The summed E-state index contributed by atoms with van der Waals surface area (Å²) in [5, 5.41) is 4.85. The summed E-state index contributed by atoms with van der Waals surface area (Å²) in [6, 6.07) is 12.2. The fourth-order valence-electron chi connectivity index (χ4n) is 3.61. The van der Waals surface area contributed by atoms with Crippen LogP contribution in [0, 0.1) is 6.92 Å². The number of rotatable bonds is 7. The van der Waals surface area contributed by atoms with Gasteiger partial charge in [0, 0.05) is 25.3 Å². The number of ether oxygens (including phenoxy) is 2. The lowest BCUT2D eigenvalue weighted by molar-refractivity contribution is 0.0835. The molecule has 1 saturated heterocycles. The Morgan fingerprint density at radius 3 is 2.79 bits per heavy atom. The predicted molar refractivity (Wildman–Crippen MR) is 112 cm³/mol. The van der Waals surface area contributed by atoms with Gasteiger partial charge in [0.25, 0.3) is 0 Å². The topological polar surface area (TPSA) is 62.1 Å². The highest BCUT2D eigenvalue weighted by Gasteiger charge is 2.23. The Morgan fingerprint density at radius 1 is 1.17 bits per heavy atom. The second kappa shape index (κ2) is 9.18. The molecule has 29 heavy (non-hydrogen) atoms. The van der Waals surface area contributed by atoms with Crippen molar-refractivity contribution in [3.05, 3.63) is 59.5 Å². The van der Waals surface area contributed by atoms with Crippen molar-refractivity contribution < 1.29 is 9.47 Å². The van der Waals surface area contributed by atoms with Crippen molar-refractivity contribution in [3.8, 4) is 17.3 Å². The summed E-state index contributed by atoms with van der Waals surface area (Å²) >= 11 is 0. The van der Waals surface area contributed by atoms with Gasteiger partial charge in [0.15, 0.2) is 11.6 Å². The van der Waals surface area contributed by atoms with Crippen molar-refractivity contribution in [2.75, 3.05) is 19.8 Å². The van der Waals surface area contributed by atoms with Crippen molar-refractivity contribution in [3.63, 3.8) is 0 Å². The first-order valence-electron chi connectivity index (χ1n) is 10.4. The Balaban J connectivity index is 1.58. The zero-order valence-corrected chi connectivity index (χ0v) is 17.2. The number of nitrogens with zero attached hydrogens (tertiary/aromatic N) is 4. The molecule has 3 heterocycles. The van der Waals surface area contributed by atoms with E-state index in [4.69, 9.17) is 19.6 Å². The molecular formula is C23H28N4O2. The van der Waals surface area contributed by atoms with E-state index < -0.39 is 0 Å². The zero-order chi connectivity index (χ0) is 20.1. The Morgan fingerprint density at radius 2 is 2.00 bits per heavy atom.